The molecular formula is C25H31ClN4O4. The van der Waals surface area contributed by atoms with Crippen LogP contribution < -0.4 is 4.74 Å². The van der Waals surface area contributed by atoms with Gasteiger partial charge in [0.1, 0.15) is 5.75 Å². The predicted molar refractivity (Wildman–Crippen MR) is 129 cm³/mol. The molecule has 0 bridgehead atoms. The van der Waals surface area contributed by atoms with Gasteiger partial charge in [-0.1, -0.05) is 23.8 Å². The van der Waals surface area contributed by atoms with E-state index in [0.717, 1.165) is 37.0 Å². The Morgan fingerprint density at radius 1 is 1.06 bits per heavy atom. The number of rotatable bonds is 3. The first-order chi connectivity index (χ1) is 16.6. The zero-order chi connectivity index (χ0) is 23.7. The van der Waals surface area contributed by atoms with Crippen LogP contribution in [-0.2, 0) is 9.53 Å². The summed E-state index contributed by atoms with van der Waals surface area (Å²) in [6.07, 6.45) is 7.19. The topological polar surface area (TPSA) is 74.7 Å². The molecule has 1 aromatic carbocycles. The third-order valence-electron chi connectivity index (χ3n) is 7.35. The Bertz CT molecular complexity index is 999. The van der Waals surface area contributed by atoms with Crippen molar-refractivity contribution in [3.63, 3.8) is 0 Å². The van der Waals surface area contributed by atoms with E-state index in [-0.39, 0.29) is 29.8 Å². The Hall–Kier alpha value is -2.58. The number of amides is 3. The average Bonchev–Trinajstić information content (AvgIpc) is 2.89. The van der Waals surface area contributed by atoms with Crippen LogP contribution in [0.4, 0.5) is 4.79 Å². The summed E-state index contributed by atoms with van der Waals surface area (Å²) in [5.41, 5.74) is 1.83. The summed E-state index contributed by atoms with van der Waals surface area (Å²) in [6.45, 7) is 3.70. The van der Waals surface area contributed by atoms with Gasteiger partial charge in [0.15, 0.2) is 0 Å². The molecule has 1 aromatic rings. The fraction of sp³-hybridized carbons (Fsp3) is 0.560. The second-order valence-electron chi connectivity index (χ2n) is 9.27. The quantitative estimate of drug-likeness (QED) is 0.614. The Morgan fingerprint density at radius 3 is 2.41 bits per heavy atom. The van der Waals surface area contributed by atoms with Crippen LogP contribution in [0.2, 0.25) is 5.02 Å². The molecule has 0 aromatic heterocycles. The van der Waals surface area contributed by atoms with Crippen molar-refractivity contribution in [3.8, 4) is 5.75 Å². The lowest BCUT2D eigenvalue weighted by atomic mass is 9.76. The molecular weight excluding hydrogens is 456 g/mol. The lowest BCUT2D eigenvalue weighted by Crippen LogP contribution is -2.55. The number of allylic oxidation sites excluding steroid dienone is 2. The molecule has 8 nitrogen and oxygen atoms in total. The lowest BCUT2D eigenvalue weighted by Gasteiger charge is -2.43. The number of carbonyl (C=O) groups excluding carboxylic acids is 2. The molecule has 9 heteroatoms. The van der Waals surface area contributed by atoms with E-state index in [1.165, 1.54) is 0 Å². The molecule has 1 aliphatic carbocycles. The predicted octanol–water partition coefficient (Wildman–Crippen LogP) is 3.39. The molecule has 2 atom stereocenters. The van der Waals surface area contributed by atoms with Crippen molar-refractivity contribution in [2.75, 3.05) is 46.5 Å². The van der Waals surface area contributed by atoms with Crippen LogP contribution in [0.5, 0.6) is 5.75 Å². The SMILES string of the molecule is COc1ccc(C2=NN(C3CCN(C(=O)N4CCOCC4)CC3)C(=O)[C@H]3CC=CC[C@@H]23)cc1Cl. The largest absolute Gasteiger partial charge is 0.495 e. The minimum atomic E-state index is -0.119. The summed E-state index contributed by atoms with van der Waals surface area (Å²) in [7, 11) is 1.59. The summed E-state index contributed by atoms with van der Waals surface area (Å²) in [4.78, 5) is 30.1. The van der Waals surface area contributed by atoms with Crippen LogP contribution in [0.1, 0.15) is 31.2 Å². The van der Waals surface area contributed by atoms with Gasteiger partial charge in [-0.05, 0) is 49.4 Å². The number of ether oxygens (including phenoxy) is 2. The molecule has 5 rings (SSSR count). The maximum absolute atomic E-state index is 13.5. The van der Waals surface area contributed by atoms with Gasteiger partial charge in [0.2, 0.25) is 5.91 Å². The molecule has 34 heavy (non-hydrogen) atoms. The van der Waals surface area contributed by atoms with Crippen LogP contribution in [0.25, 0.3) is 0 Å². The highest BCUT2D eigenvalue weighted by molar-refractivity contribution is 6.32. The molecule has 4 aliphatic rings. The first-order valence-corrected chi connectivity index (χ1v) is 12.5. The number of methoxy groups -OCH3 is 1. The van der Waals surface area contributed by atoms with E-state index in [1.807, 2.05) is 28.0 Å². The van der Waals surface area contributed by atoms with Gasteiger partial charge in [0.25, 0.3) is 0 Å². The fourth-order valence-electron chi connectivity index (χ4n) is 5.41. The number of morpholine rings is 1. The minimum Gasteiger partial charge on any atom is -0.495 e. The zero-order valence-corrected chi connectivity index (χ0v) is 20.2. The summed E-state index contributed by atoms with van der Waals surface area (Å²) < 4.78 is 10.7. The van der Waals surface area contributed by atoms with E-state index in [9.17, 15) is 9.59 Å². The van der Waals surface area contributed by atoms with Crippen LogP contribution >= 0.6 is 11.6 Å². The number of benzene rings is 1. The number of nitrogens with zero attached hydrogens (tertiary/aromatic N) is 4. The summed E-state index contributed by atoms with van der Waals surface area (Å²) in [6, 6.07) is 5.76. The lowest BCUT2D eigenvalue weighted by molar-refractivity contribution is -0.141. The fourth-order valence-corrected chi connectivity index (χ4v) is 5.67. The molecule has 0 radical (unpaired) electrons. The van der Waals surface area contributed by atoms with Crippen molar-refractivity contribution < 1.29 is 19.1 Å². The number of hydrogen-bond acceptors (Lipinski definition) is 5. The molecule has 0 spiro atoms. The van der Waals surface area contributed by atoms with Gasteiger partial charge in [-0.3, -0.25) is 4.79 Å². The first-order valence-electron chi connectivity index (χ1n) is 12.1. The maximum Gasteiger partial charge on any atom is 0.320 e. The van der Waals surface area contributed by atoms with Crippen molar-refractivity contribution >= 4 is 29.3 Å². The molecule has 3 amide bonds. The maximum atomic E-state index is 13.5. The number of hydrogen-bond donors (Lipinski definition) is 0. The number of hydrazone groups is 1. The average molecular weight is 487 g/mol. The van der Waals surface area contributed by atoms with Crippen LogP contribution in [0.3, 0.4) is 0 Å². The smallest absolute Gasteiger partial charge is 0.320 e. The highest BCUT2D eigenvalue weighted by atomic mass is 35.5. The summed E-state index contributed by atoms with van der Waals surface area (Å²) in [5, 5.41) is 7.18. The van der Waals surface area contributed by atoms with E-state index < -0.39 is 0 Å². The normalized spacial score (nSPS) is 25.8. The Balaban J connectivity index is 1.35. The Kier molecular flexibility index (Phi) is 6.79. The van der Waals surface area contributed by atoms with Gasteiger partial charge in [-0.2, -0.15) is 5.10 Å². The second-order valence-corrected chi connectivity index (χ2v) is 9.68. The van der Waals surface area contributed by atoms with Crippen LogP contribution in [-0.4, -0.2) is 85.0 Å². The molecule has 3 heterocycles. The Labute approximate surface area is 205 Å². The number of fused-ring (bicyclic) bond motifs is 1. The highest BCUT2D eigenvalue weighted by Gasteiger charge is 2.43. The molecule has 2 fully saturated rings. The summed E-state index contributed by atoms with van der Waals surface area (Å²) in [5.74, 6) is 0.635. The molecule has 0 unspecified atom stereocenters. The van der Waals surface area contributed by atoms with E-state index in [1.54, 1.807) is 12.1 Å². The van der Waals surface area contributed by atoms with E-state index >= 15 is 0 Å². The number of urea groups is 1. The van der Waals surface area contributed by atoms with Gasteiger partial charge < -0.3 is 19.3 Å². The van der Waals surface area contributed by atoms with Crippen molar-refractivity contribution in [2.45, 2.75) is 31.7 Å². The first kappa shape index (κ1) is 23.2. The monoisotopic (exact) mass is 486 g/mol. The Morgan fingerprint density at radius 2 is 1.74 bits per heavy atom. The zero-order valence-electron chi connectivity index (χ0n) is 19.5. The van der Waals surface area contributed by atoms with Crippen LogP contribution in [0, 0.1) is 11.8 Å². The van der Waals surface area contributed by atoms with Crippen molar-refractivity contribution in [2.24, 2.45) is 16.9 Å². The summed E-state index contributed by atoms with van der Waals surface area (Å²) >= 11 is 6.42. The molecule has 2 saturated heterocycles. The van der Waals surface area contributed by atoms with Gasteiger partial charge >= 0.3 is 6.03 Å². The van der Waals surface area contributed by atoms with Gasteiger partial charge in [-0.25, -0.2) is 9.80 Å². The molecule has 0 N–H and O–H groups in total. The molecule has 0 saturated carbocycles. The van der Waals surface area contributed by atoms with E-state index in [4.69, 9.17) is 26.2 Å². The van der Waals surface area contributed by atoms with Crippen molar-refractivity contribution in [1.82, 2.24) is 14.8 Å². The number of piperidine rings is 1. The number of likely N-dealkylation sites (tertiary alicyclic amines) is 1. The second kappa shape index (κ2) is 9.96. The van der Waals surface area contributed by atoms with Crippen molar-refractivity contribution in [3.05, 3.63) is 40.9 Å². The molecule has 3 aliphatic heterocycles. The number of carbonyl (C=O) groups is 2. The highest BCUT2D eigenvalue weighted by Crippen LogP contribution is 2.38. The van der Waals surface area contributed by atoms with E-state index in [2.05, 4.69) is 12.2 Å². The van der Waals surface area contributed by atoms with Gasteiger partial charge in [0, 0.05) is 32.1 Å². The van der Waals surface area contributed by atoms with Gasteiger partial charge in [0.05, 0.1) is 43.0 Å². The number of halogens is 1. The third kappa shape index (κ3) is 4.41. The standard InChI is InChI=1S/C25H31ClN4O4/c1-33-22-7-6-17(16-21(22)26)23-19-4-2-3-5-20(19)24(31)30(27-23)18-8-10-28(11-9-18)25(32)29-12-14-34-15-13-29/h2-3,6-7,16,18-20H,4-5,8-15H2,1H3/t19-,20+/m1/s1. The molecule has 182 valence electrons. The van der Waals surface area contributed by atoms with Crippen LogP contribution in [0.15, 0.2) is 35.5 Å². The third-order valence-corrected chi connectivity index (χ3v) is 7.65. The minimum absolute atomic E-state index is 0.0168. The van der Waals surface area contributed by atoms with Gasteiger partial charge in [-0.15, -0.1) is 0 Å². The van der Waals surface area contributed by atoms with E-state index in [0.29, 0.717) is 50.2 Å². The van der Waals surface area contributed by atoms with Crippen molar-refractivity contribution in [1.29, 1.82) is 0 Å².